The van der Waals surface area contributed by atoms with Gasteiger partial charge in [-0.15, -0.1) is 0 Å². The van der Waals surface area contributed by atoms with Gasteiger partial charge in [0.1, 0.15) is 0 Å². The van der Waals surface area contributed by atoms with Gasteiger partial charge in [0.15, 0.2) is 0 Å². The molecule has 1 aliphatic rings. The zero-order valence-electron chi connectivity index (χ0n) is 9.69. The summed E-state index contributed by atoms with van der Waals surface area (Å²) < 4.78 is 11.2. The number of likely N-dealkylation sites (N-methyl/N-ethyl adjacent to an activating group) is 1. The number of likely N-dealkylation sites (tertiary alicyclic amines) is 1. The minimum Gasteiger partial charge on any atom is -0.305 e. The van der Waals surface area contributed by atoms with Crippen LogP contribution in [0.2, 0.25) is 0 Å². The smallest absolute Gasteiger partial charge is 0.246 e. The van der Waals surface area contributed by atoms with Gasteiger partial charge < -0.3 is 5.32 Å². The Morgan fingerprint density at radius 2 is 2.12 bits per heavy atom. The van der Waals surface area contributed by atoms with Crippen molar-refractivity contribution in [3.8, 4) is 0 Å². The van der Waals surface area contributed by atoms with E-state index in [9.17, 15) is 13.8 Å². The van der Waals surface area contributed by atoms with Gasteiger partial charge in [0, 0.05) is 35.4 Å². The number of carbonyl (C=O) groups is 2. The summed E-state index contributed by atoms with van der Waals surface area (Å²) in [4.78, 5) is 24.3. The fourth-order valence-electron chi connectivity index (χ4n) is 1.67. The van der Waals surface area contributed by atoms with Crippen LogP contribution in [0.3, 0.4) is 0 Å². The van der Waals surface area contributed by atoms with Crippen molar-refractivity contribution in [2.75, 3.05) is 24.6 Å². The second-order valence-electron chi connectivity index (χ2n) is 3.62. The lowest BCUT2D eigenvalue weighted by atomic mass is 10.2. The molecule has 16 heavy (non-hydrogen) atoms. The van der Waals surface area contributed by atoms with E-state index in [1.54, 1.807) is 6.92 Å². The summed E-state index contributed by atoms with van der Waals surface area (Å²) in [6, 6.07) is -0.415. The van der Waals surface area contributed by atoms with E-state index in [2.05, 4.69) is 5.32 Å². The van der Waals surface area contributed by atoms with Gasteiger partial charge >= 0.3 is 0 Å². The summed E-state index contributed by atoms with van der Waals surface area (Å²) in [7, 11) is -0.830. The van der Waals surface area contributed by atoms with Crippen LogP contribution in [0.25, 0.3) is 0 Å². The average molecular weight is 246 g/mol. The van der Waals surface area contributed by atoms with E-state index < -0.39 is 16.8 Å². The highest BCUT2D eigenvalue weighted by Crippen LogP contribution is 2.11. The number of rotatable bonds is 6. The van der Waals surface area contributed by atoms with Crippen molar-refractivity contribution in [3.63, 3.8) is 0 Å². The highest BCUT2D eigenvalue weighted by molar-refractivity contribution is 7.84. The lowest BCUT2D eigenvalue weighted by molar-refractivity contribution is -0.138. The standard InChI is InChI=1S/C10H18N2O3S/c1-3-12-9(13)7-8(10(12)14)11-5-6-16(15)4-2/h8,11H,3-7H2,1-2H3. The molecule has 0 spiro atoms. The summed E-state index contributed by atoms with van der Waals surface area (Å²) in [5.74, 6) is 0.873. The molecule has 1 fully saturated rings. The van der Waals surface area contributed by atoms with Crippen LogP contribution < -0.4 is 5.32 Å². The maximum atomic E-state index is 11.7. The number of hydrogen-bond acceptors (Lipinski definition) is 4. The zero-order chi connectivity index (χ0) is 12.1. The Morgan fingerprint density at radius 1 is 1.44 bits per heavy atom. The van der Waals surface area contributed by atoms with Crippen LogP contribution in [0.4, 0.5) is 0 Å². The highest BCUT2D eigenvalue weighted by atomic mass is 32.2. The second-order valence-corrected chi connectivity index (χ2v) is 5.48. The normalized spacial score (nSPS) is 22.9. The third kappa shape index (κ3) is 3.12. The number of nitrogens with one attached hydrogen (secondary N) is 1. The van der Waals surface area contributed by atoms with Gasteiger partial charge in [-0.05, 0) is 6.92 Å². The van der Waals surface area contributed by atoms with Crippen molar-refractivity contribution in [1.29, 1.82) is 0 Å². The van der Waals surface area contributed by atoms with Crippen LogP contribution >= 0.6 is 0 Å². The molecular weight excluding hydrogens is 228 g/mol. The molecule has 1 heterocycles. The van der Waals surface area contributed by atoms with E-state index in [1.807, 2.05) is 6.92 Å². The van der Waals surface area contributed by atoms with E-state index >= 15 is 0 Å². The second kappa shape index (κ2) is 6.10. The van der Waals surface area contributed by atoms with Gasteiger partial charge in [0.2, 0.25) is 11.8 Å². The van der Waals surface area contributed by atoms with Gasteiger partial charge in [0.25, 0.3) is 0 Å². The molecule has 1 rings (SSSR count). The molecule has 92 valence electrons. The van der Waals surface area contributed by atoms with Gasteiger partial charge in [-0.1, -0.05) is 6.92 Å². The third-order valence-corrected chi connectivity index (χ3v) is 3.91. The van der Waals surface area contributed by atoms with E-state index in [0.717, 1.165) is 0 Å². The van der Waals surface area contributed by atoms with Crippen LogP contribution in [-0.4, -0.2) is 51.6 Å². The molecule has 0 aromatic carbocycles. The average Bonchev–Trinajstić information content (AvgIpc) is 2.53. The SMILES string of the molecule is CCN1C(=O)CC(NCCS(=O)CC)C1=O. The molecule has 5 nitrogen and oxygen atoms in total. The number of carbonyl (C=O) groups excluding carboxylic acids is 2. The lowest BCUT2D eigenvalue weighted by Gasteiger charge is -2.12. The topological polar surface area (TPSA) is 66.5 Å². The third-order valence-electron chi connectivity index (χ3n) is 2.60. The van der Waals surface area contributed by atoms with E-state index in [4.69, 9.17) is 0 Å². The minimum atomic E-state index is -0.830. The monoisotopic (exact) mass is 246 g/mol. The first-order valence-electron chi connectivity index (χ1n) is 5.52. The molecule has 0 aliphatic carbocycles. The predicted molar refractivity (Wildman–Crippen MR) is 62.4 cm³/mol. The Bertz CT molecular complexity index is 306. The summed E-state index contributed by atoms with van der Waals surface area (Å²) in [5.41, 5.74) is 0. The highest BCUT2D eigenvalue weighted by Gasteiger charge is 2.36. The molecule has 6 heteroatoms. The van der Waals surface area contributed by atoms with Crippen LogP contribution in [0.15, 0.2) is 0 Å². The molecule has 0 radical (unpaired) electrons. The first-order valence-corrected chi connectivity index (χ1v) is 7.01. The molecule has 2 unspecified atom stereocenters. The Morgan fingerprint density at radius 3 is 2.62 bits per heavy atom. The van der Waals surface area contributed by atoms with E-state index in [1.165, 1.54) is 4.90 Å². The van der Waals surface area contributed by atoms with E-state index in [-0.39, 0.29) is 18.2 Å². The van der Waals surface area contributed by atoms with Crippen molar-refractivity contribution >= 4 is 22.6 Å². The molecule has 2 amide bonds. The molecule has 0 aromatic heterocycles. The molecule has 0 bridgehead atoms. The Labute approximate surface area is 98.0 Å². The number of imide groups is 1. The van der Waals surface area contributed by atoms with Crippen molar-refractivity contribution in [2.24, 2.45) is 0 Å². The maximum absolute atomic E-state index is 11.7. The largest absolute Gasteiger partial charge is 0.305 e. The molecule has 0 aromatic rings. The number of amides is 2. The van der Waals surface area contributed by atoms with Crippen LogP contribution in [-0.2, 0) is 20.4 Å². The quantitative estimate of drug-likeness (QED) is 0.641. The molecule has 2 atom stereocenters. The molecule has 1 N–H and O–H groups in total. The van der Waals surface area contributed by atoms with Gasteiger partial charge in [-0.2, -0.15) is 0 Å². The van der Waals surface area contributed by atoms with Crippen molar-refractivity contribution < 1.29 is 13.8 Å². The van der Waals surface area contributed by atoms with Crippen LogP contribution in [0.1, 0.15) is 20.3 Å². The molecule has 1 saturated heterocycles. The van der Waals surface area contributed by atoms with E-state index in [0.29, 0.717) is 24.6 Å². The van der Waals surface area contributed by atoms with Crippen molar-refractivity contribution in [2.45, 2.75) is 26.3 Å². The summed E-state index contributed by atoms with van der Waals surface area (Å²) in [5, 5.41) is 2.99. The fraction of sp³-hybridized carbons (Fsp3) is 0.800. The lowest BCUT2D eigenvalue weighted by Crippen LogP contribution is -2.40. The molecular formula is C10H18N2O3S. The summed E-state index contributed by atoms with van der Waals surface area (Å²) in [6.45, 7) is 4.59. The van der Waals surface area contributed by atoms with Crippen molar-refractivity contribution in [3.05, 3.63) is 0 Å². The summed E-state index contributed by atoms with van der Waals surface area (Å²) in [6.07, 6.45) is 0.228. The maximum Gasteiger partial charge on any atom is 0.246 e. The zero-order valence-corrected chi connectivity index (χ0v) is 10.5. The van der Waals surface area contributed by atoms with Crippen LogP contribution in [0.5, 0.6) is 0 Å². The fourth-order valence-corrected chi connectivity index (χ4v) is 2.30. The molecule has 1 aliphatic heterocycles. The Hall–Kier alpha value is -0.750. The van der Waals surface area contributed by atoms with Crippen molar-refractivity contribution in [1.82, 2.24) is 10.2 Å². The van der Waals surface area contributed by atoms with Crippen LogP contribution in [0, 0.1) is 0 Å². The number of hydrogen-bond donors (Lipinski definition) is 1. The number of nitrogens with zero attached hydrogens (tertiary/aromatic N) is 1. The minimum absolute atomic E-state index is 0.124. The summed E-state index contributed by atoms with van der Waals surface area (Å²) >= 11 is 0. The van der Waals surface area contributed by atoms with Gasteiger partial charge in [-0.3, -0.25) is 18.7 Å². The Balaban J connectivity index is 2.37. The van der Waals surface area contributed by atoms with Gasteiger partial charge in [0.05, 0.1) is 12.5 Å². The first-order chi connectivity index (χ1) is 7.60. The van der Waals surface area contributed by atoms with Gasteiger partial charge in [-0.25, -0.2) is 0 Å². The molecule has 0 saturated carbocycles. The first kappa shape index (κ1) is 13.3. The predicted octanol–water partition coefficient (Wildman–Crippen LogP) is -0.508. The Kier molecular flexibility index (Phi) is 5.08.